The highest BCUT2D eigenvalue weighted by Crippen LogP contribution is 2.33. The maximum atomic E-state index is 11.7. The lowest BCUT2D eigenvalue weighted by molar-refractivity contribution is -0.131. The molecule has 1 heterocycles. The van der Waals surface area contributed by atoms with E-state index in [9.17, 15) is 9.90 Å². The van der Waals surface area contributed by atoms with Crippen molar-refractivity contribution >= 4 is 34.6 Å². The van der Waals surface area contributed by atoms with Gasteiger partial charge in [-0.25, -0.2) is 9.78 Å². The molecule has 0 fully saturated rings. The summed E-state index contributed by atoms with van der Waals surface area (Å²) in [6.07, 6.45) is 1.60. The first-order valence-corrected chi connectivity index (χ1v) is 7.97. The van der Waals surface area contributed by atoms with Crippen molar-refractivity contribution in [2.45, 2.75) is 12.1 Å². The number of nitrogens with one attached hydrogen (secondary N) is 1. The number of carbonyl (C=O) groups is 1. The molecule has 0 spiro atoms. The quantitative estimate of drug-likeness (QED) is 0.545. The van der Waals surface area contributed by atoms with Gasteiger partial charge in [0.05, 0.1) is 7.11 Å². The van der Waals surface area contributed by atoms with Crippen molar-refractivity contribution in [3.63, 3.8) is 0 Å². The lowest BCUT2D eigenvalue weighted by Crippen LogP contribution is -1.98. The van der Waals surface area contributed by atoms with Gasteiger partial charge in [-0.2, -0.15) is 0 Å². The molecule has 0 unspecified atom stereocenters. The van der Waals surface area contributed by atoms with Crippen molar-refractivity contribution in [1.82, 2.24) is 15.2 Å². The number of carboxylic acids is 1. The van der Waals surface area contributed by atoms with Gasteiger partial charge in [0.2, 0.25) is 5.16 Å². The Balaban J connectivity index is 2.12. The number of benzene rings is 2. The number of carboxylic acid groups (broad SMARTS) is 1. The summed E-state index contributed by atoms with van der Waals surface area (Å²) in [5.74, 6) is 0.196. The molecule has 122 valence electrons. The Morgan fingerprint density at radius 2 is 2.08 bits per heavy atom. The molecule has 0 amide bonds. The molecule has 0 saturated carbocycles. The average Bonchev–Trinajstić information content (AvgIpc) is 2.99. The standard InChI is InChI=1S/C17H15N3O3S/c1-10-18-17(20-19-10)24-15(16(21)22)9-13-12-6-4-3-5-11(12)7-8-14(13)23-2/h3-9H,1-2H3,(H,21,22)(H,18,19,20)/b15-9-. The van der Waals surface area contributed by atoms with Crippen LogP contribution in [0.5, 0.6) is 5.75 Å². The van der Waals surface area contributed by atoms with Crippen LogP contribution in [0.15, 0.2) is 46.5 Å². The van der Waals surface area contributed by atoms with Crippen molar-refractivity contribution in [2.75, 3.05) is 7.11 Å². The van der Waals surface area contributed by atoms with Crippen LogP contribution in [0.25, 0.3) is 16.8 Å². The number of aromatic amines is 1. The minimum Gasteiger partial charge on any atom is -0.496 e. The summed E-state index contributed by atoms with van der Waals surface area (Å²) >= 11 is 0.993. The molecular formula is C17H15N3O3S. The van der Waals surface area contributed by atoms with E-state index in [4.69, 9.17) is 4.74 Å². The van der Waals surface area contributed by atoms with Gasteiger partial charge >= 0.3 is 5.97 Å². The molecule has 24 heavy (non-hydrogen) atoms. The van der Waals surface area contributed by atoms with E-state index in [0.717, 1.165) is 22.5 Å². The molecule has 2 N–H and O–H groups in total. The van der Waals surface area contributed by atoms with E-state index in [1.54, 1.807) is 20.1 Å². The first kappa shape index (κ1) is 16.1. The van der Waals surface area contributed by atoms with E-state index in [1.807, 2.05) is 36.4 Å². The van der Waals surface area contributed by atoms with Crippen molar-refractivity contribution in [3.05, 3.63) is 52.7 Å². The van der Waals surface area contributed by atoms with Crippen LogP contribution in [-0.2, 0) is 4.79 Å². The Morgan fingerprint density at radius 1 is 1.29 bits per heavy atom. The zero-order chi connectivity index (χ0) is 17.1. The van der Waals surface area contributed by atoms with Crippen LogP contribution in [0.2, 0.25) is 0 Å². The predicted molar refractivity (Wildman–Crippen MR) is 93.1 cm³/mol. The fraction of sp³-hybridized carbons (Fsp3) is 0.118. The van der Waals surface area contributed by atoms with Crippen molar-refractivity contribution < 1.29 is 14.6 Å². The zero-order valence-corrected chi connectivity index (χ0v) is 13.9. The molecule has 0 aliphatic carbocycles. The third-order valence-electron chi connectivity index (χ3n) is 3.41. The number of aromatic nitrogens is 3. The molecule has 0 saturated heterocycles. The largest absolute Gasteiger partial charge is 0.496 e. The van der Waals surface area contributed by atoms with E-state index in [2.05, 4.69) is 15.2 Å². The van der Waals surface area contributed by atoms with Crippen LogP contribution in [0, 0.1) is 6.92 Å². The maximum Gasteiger partial charge on any atom is 0.342 e. The molecule has 0 aliphatic heterocycles. The molecule has 3 rings (SSSR count). The number of rotatable bonds is 5. The number of fused-ring (bicyclic) bond motifs is 1. The van der Waals surface area contributed by atoms with E-state index in [0.29, 0.717) is 22.3 Å². The van der Waals surface area contributed by atoms with Gasteiger partial charge in [-0.15, -0.1) is 5.10 Å². The van der Waals surface area contributed by atoms with Gasteiger partial charge in [0.15, 0.2) is 0 Å². The number of hydrogen-bond acceptors (Lipinski definition) is 5. The molecule has 0 radical (unpaired) electrons. The van der Waals surface area contributed by atoms with Crippen LogP contribution in [-0.4, -0.2) is 33.4 Å². The van der Waals surface area contributed by atoms with Crippen LogP contribution in [0.1, 0.15) is 11.4 Å². The van der Waals surface area contributed by atoms with Gasteiger partial charge in [0, 0.05) is 5.56 Å². The zero-order valence-electron chi connectivity index (χ0n) is 13.1. The maximum absolute atomic E-state index is 11.7. The smallest absolute Gasteiger partial charge is 0.342 e. The van der Waals surface area contributed by atoms with Crippen molar-refractivity contribution in [1.29, 1.82) is 0 Å². The number of thioether (sulfide) groups is 1. The number of H-pyrrole nitrogens is 1. The predicted octanol–water partition coefficient (Wildman–Crippen LogP) is 3.49. The summed E-state index contributed by atoms with van der Waals surface area (Å²) in [7, 11) is 1.56. The number of methoxy groups -OCH3 is 1. The lowest BCUT2D eigenvalue weighted by atomic mass is 10.0. The van der Waals surface area contributed by atoms with Crippen molar-refractivity contribution in [3.8, 4) is 5.75 Å². The molecule has 1 aromatic heterocycles. The molecule has 0 aliphatic rings. The number of aryl methyl sites for hydroxylation is 1. The molecular weight excluding hydrogens is 326 g/mol. The Bertz CT molecular complexity index is 934. The number of nitrogens with zero attached hydrogens (tertiary/aromatic N) is 2. The molecule has 6 nitrogen and oxygen atoms in total. The minimum absolute atomic E-state index is 0.114. The second-order valence-electron chi connectivity index (χ2n) is 5.02. The van der Waals surface area contributed by atoms with E-state index in [1.165, 1.54) is 0 Å². The SMILES string of the molecule is COc1ccc2ccccc2c1/C=C(\Sc1n[nH]c(C)n1)C(=O)O. The van der Waals surface area contributed by atoms with Gasteiger partial charge in [0.25, 0.3) is 0 Å². The third kappa shape index (κ3) is 3.26. The number of ether oxygens (including phenoxy) is 1. The molecule has 0 bridgehead atoms. The third-order valence-corrected chi connectivity index (χ3v) is 4.29. The summed E-state index contributed by atoms with van der Waals surface area (Å²) in [4.78, 5) is 15.9. The highest BCUT2D eigenvalue weighted by molar-refractivity contribution is 8.04. The summed E-state index contributed by atoms with van der Waals surface area (Å²) in [5.41, 5.74) is 0.716. The average molecular weight is 341 g/mol. The van der Waals surface area contributed by atoms with Crippen molar-refractivity contribution in [2.24, 2.45) is 0 Å². The second-order valence-corrected chi connectivity index (χ2v) is 6.03. The Labute approximate surface area is 142 Å². The minimum atomic E-state index is -1.04. The molecule has 7 heteroatoms. The Morgan fingerprint density at radius 3 is 2.75 bits per heavy atom. The highest BCUT2D eigenvalue weighted by atomic mass is 32.2. The van der Waals surface area contributed by atoms with Gasteiger partial charge in [-0.1, -0.05) is 30.3 Å². The van der Waals surface area contributed by atoms with Gasteiger partial charge in [-0.05, 0) is 41.6 Å². The monoisotopic (exact) mass is 341 g/mol. The van der Waals surface area contributed by atoms with Gasteiger partial charge in [-0.3, -0.25) is 5.10 Å². The fourth-order valence-electron chi connectivity index (χ4n) is 2.33. The van der Waals surface area contributed by atoms with Gasteiger partial charge < -0.3 is 9.84 Å². The normalized spacial score (nSPS) is 11.7. The lowest BCUT2D eigenvalue weighted by Gasteiger charge is -2.10. The first-order chi connectivity index (χ1) is 11.6. The Hall–Kier alpha value is -2.80. The van der Waals surface area contributed by atoms with E-state index >= 15 is 0 Å². The van der Waals surface area contributed by atoms with Crippen LogP contribution in [0.3, 0.4) is 0 Å². The van der Waals surface area contributed by atoms with Crippen LogP contribution >= 0.6 is 11.8 Å². The number of aliphatic carboxylic acids is 1. The highest BCUT2D eigenvalue weighted by Gasteiger charge is 2.15. The summed E-state index contributed by atoms with van der Waals surface area (Å²) in [6.45, 7) is 1.76. The second kappa shape index (κ2) is 6.76. The first-order valence-electron chi connectivity index (χ1n) is 7.16. The molecule has 2 aromatic carbocycles. The van der Waals surface area contributed by atoms with Crippen LogP contribution < -0.4 is 4.74 Å². The van der Waals surface area contributed by atoms with E-state index < -0.39 is 5.97 Å². The summed E-state index contributed by atoms with van der Waals surface area (Å²) < 4.78 is 5.40. The van der Waals surface area contributed by atoms with Gasteiger partial charge in [0.1, 0.15) is 16.5 Å². The Kier molecular flexibility index (Phi) is 4.52. The van der Waals surface area contributed by atoms with Crippen LogP contribution in [0.4, 0.5) is 0 Å². The summed E-state index contributed by atoms with van der Waals surface area (Å²) in [6, 6.07) is 11.5. The fourth-order valence-corrected chi connectivity index (χ4v) is 3.07. The topological polar surface area (TPSA) is 88.1 Å². The molecule has 0 atom stereocenters. The van der Waals surface area contributed by atoms with E-state index in [-0.39, 0.29) is 4.91 Å². The summed E-state index contributed by atoms with van der Waals surface area (Å²) in [5, 5.41) is 18.5. The number of hydrogen-bond donors (Lipinski definition) is 2. The molecule has 3 aromatic rings.